The topological polar surface area (TPSA) is 11.4 Å². The number of hydrogen-bond donors (Lipinski definition) is 0. The summed E-state index contributed by atoms with van der Waals surface area (Å²) in [6.07, 6.45) is 0. The molecule has 0 unspecified atom stereocenters. The van der Waals surface area contributed by atoms with Crippen LogP contribution in [0.25, 0.3) is 94.3 Å². The van der Waals surface area contributed by atoms with Gasteiger partial charge in [-0.05, 0) is 231 Å². The van der Waals surface area contributed by atoms with Crippen LogP contribution in [0.15, 0.2) is 254 Å². The predicted octanol–water partition coefficient (Wildman–Crippen LogP) is 31.8. The molecule has 2 aliphatic heterocycles. The molecule has 0 saturated carbocycles. The van der Waals surface area contributed by atoms with Crippen LogP contribution in [0, 0.1) is 0 Å². The zero-order chi connectivity index (χ0) is 107. The second kappa shape index (κ2) is 29.5. The lowest BCUT2D eigenvalue weighted by atomic mass is 9.33. The van der Waals surface area contributed by atoms with E-state index in [0.29, 0.717) is 44.5 Å². The van der Waals surface area contributed by atoms with E-state index in [0.717, 1.165) is 50.1 Å². The van der Waals surface area contributed by atoms with Gasteiger partial charge in [-0.3, -0.25) is 0 Å². The Morgan fingerprint density at radius 3 is 1.07 bits per heavy atom. The van der Waals surface area contributed by atoms with Crippen molar-refractivity contribution in [3.63, 3.8) is 0 Å². The minimum absolute atomic E-state index is 0.0151. The monoisotopic (exact) mass is 1620 g/mol. The summed E-state index contributed by atoms with van der Waals surface area (Å²) in [5.74, 6) is 0. The lowest BCUT2D eigenvalue weighted by Crippen LogP contribution is -2.61. The number of fused-ring (bicyclic) bond motifs is 7. The molecule has 3 heterocycles. The van der Waals surface area contributed by atoms with E-state index in [-0.39, 0.29) is 135 Å². The maximum absolute atomic E-state index is 11.9. The molecule has 122 heavy (non-hydrogen) atoms. The molecule has 0 amide bonds. The lowest BCUT2D eigenvalue weighted by Gasteiger charge is -2.46. The van der Waals surface area contributed by atoms with Gasteiger partial charge in [0.15, 0.2) is 0 Å². The van der Waals surface area contributed by atoms with Gasteiger partial charge in [0, 0.05) is 55.8 Å². The summed E-state index contributed by atoms with van der Waals surface area (Å²) in [4.78, 5) is 4.00. The van der Waals surface area contributed by atoms with Gasteiger partial charge in [-0.15, -0.1) is 0 Å². The average Bonchev–Trinajstić information content (AvgIpc) is 0.741. The number of nitrogens with zero attached hydrogens (tertiary/aromatic N) is 3. The Kier molecular flexibility index (Phi) is 14.9. The third-order valence-electron chi connectivity index (χ3n) is 24.5. The van der Waals surface area contributed by atoms with Crippen LogP contribution in [0.4, 0.5) is 34.1 Å². The van der Waals surface area contributed by atoms with E-state index in [9.17, 15) is 28.8 Å². The molecule has 0 atom stereocenters. The molecule has 622 valence electrons. The van der Waals surface area contributed by atoms with Gasteiger partial charge in [0.1, 0.15) is 0 Å². The first-order valence-electron chi connectivity index (χ1n) is 54.2. The van der Waals surface area contributed by atoms with Crippen molar-refractivity contribution in [1.82, 2.24) is 4.57 Å². The van der Waals surface area contributed by atoms with Crippen molar-refractivity contribution in [2.75, 3.05) is 9.80 Å². The molecule has 0 radical (unpaired) electrons. The standard InChI is InChI=1S/C118H132BN3/c1-109(2,3)80-50-44-74(45-51-80)92-67-87(116(22,23)24)69-94(79-60-85(114(16,17)18)65-86(61-79)115(19,20)21)107(92)121-102-62-76(73-38-32-31-33-39-73)48-56-98(102)119-99-57-49-77(78-58-83(112(10,11)12)64-84(59-78)113(13,14)15)63-103(99)122(105-72-89(71-104(121)106(105)119)120-100-42-36-34-40-90(100)91-41-35-37-43-101(91)120)108-93(75-46-52-81(53-47-75)110(4,5)6)68-88(117(25,26)27)70-96(108)95-66-82(111(7,8)9)54-55-97(95)118(28,29)30/h31-72H,1-30H3/i31D,32D,33D,34D,35D,36D,37D,38D,39D,40D,41D,42D,43D,46D,47D,52D,53D,54D,55D,66D,68D,70D. The number of anilines is 6. The van der Waals surface area contributed by atoms with Gasteiger partial charge in [0.05, 0.1) is 58.3 Å². The van der Waals surface area contributed by atoms with Crippen molar-refractivity contribution < 1.29 is 30.2 Å². The smallest absolute Gasteiger partial charge is 0.252 e. The Balaban J connectivity index is 1.31. The Bertz CT molecular complexity index is 7660. The third kappa shape index (κ3) is 15.6. The Morgan fingerprint density at radius 1 is 0.238 bits per heavy atom. The molecule has 1 aromatic heterocycles. The quantitative estimate of drug-likeness (QED) is 0.133. The SMILES string of the molecule is [2H]c1c([2H])c([2H])c(-c2ccc3c(c2)N(c2c(-c4ccc(C(C)(C)C)cc4)cc(C(C)(C)C)cc2-c2cc(C(C)(C)C)cc(C(C)(C)C)c2)c2cc(-n4c5c([2H])c([2H])c([2H])c([2H])c5c5c([2H])c([2H])c([2H])c([2H])c54)cc4c2B3c2ccc(-c3cc(C(C)(C)C)cc(C(C)(C)C)c3)cc2N4c2c(-c3c([2H])c([2H])c(C(C)(C)C)c([2H])c3[2H])c([2H])c(C(C)(C)C)c([2H])c2-c2c([2H])c(C(C)(C)C)c([2H])c([2H])c2C(C)(C)C)c([2H])c1[2H]. The van der Waals surface area contributed by atoms with Crippen LogP contribution in [-0.4, -0.2) is 11.3 Å². The number of rotatable bonds is 9. The zero-order valence-electron chi connectivity index (χ0n) is 99.5. The van der Waals surface area contributed by atoms with Crippen LogP contribution >= 0.6 is 0 Å². The number of aromatic nitrogens is 1. The second-order valence-corrected chi connectivity index (χ2v) is 44.4. The molecular weight excluding hydrogens is 1470 g/mol. The highest BCUT2D eigenvalue weighted by Gasteiger charge is 2.47. The Labute approximate surface area is 764 Å². The van der Waals surface area contributed by atoms with Gasteiger partial charge in [-0.2, -0.15) is 0 Å². The molecule has 2 aliphatic rings. The lowest BCUT2D eigenvalue weighted by molar-refractivity contribution is 0.568. The van der Waals surface area contributed by atoms with Gasteiger partial charge in [-0.1, -0.05) is 401 Å². The average molecular weight is 1630 g/mol. The van der Waals surface area contributed by atoms with Crippen LogP contribution in [0.2, 0.25) is 0 Å². The minimum Gasteiger partial charge on any atom is -0.310 e. The highest BCUT2D eigenvalue weighted by atomic mass is 15.2. The molecular formula is C118H132BN3. The van der Waals surface area contributed by atoms with Crippen molar-refractivity contribution >= 4 is 79.0 Å². The molecule has 4 heteroatoms. The van der Waals surface area contributed by atoms with E-state index < -0.39 is 164 Å². The van der Waals surface area contributed by atoms with Crippen molar-refractivity contribution in [3.05, 3.63) is 310 Å². The molecule has 0 fully saturated rings. The molecule has 0 aliphatic carbocycles. The van der Waals surface area contributed by atoms with Gasteiger partial charge in [-0.25, -0.2) is 0 Å². The van der Waals surface area contributed by atoms with E-state index in [4.69, 9.17) is 1.37 Å². The summed E-state index contributed by atoms with van der Waals surface area (Å²) in [7, 11) is 0. The number of benzene rings is 13. The summed E-state index contributed by atoms with van der Waals surface area (Å²) in [6.45, 7) is 59.8. The molecule has 0 bridgehead atoms. The van der Waals surface area contributed by atoms with Crippen molar-refractivity contribution in [2.24, 2.45) is 0 Å². The fourth-order valence-corrected chi connectivity index (χ4v) is 17.0. The normalized spacial score (nSPS) is 16.3. The molecule has 3 nitrogen and oxygen atoms in total. The Morgan fingerprint density at radius 2 is 0.615 bits per heavy atom. The third-order valence-corrected chi connectivity index (χ3v) is 24.5. The van der Waals surface area contributed by atoms with Crippen LogP contribution in [0.3, 0.4) is 0 Å². The zero-order valence-corrected chi connectivity index (χ0v) is 77.5. The largest absolute Gasteiger partial charge is 0.310 e. The van der Waals surface area contributed by atoms with Gasteiger partial charge in [0.25, 0.3) is 6.71 Å². The first-order chi connectivity index (χ1) is 66.0. The fraction of sp³-hybridized carbons (Fsp3) is 0.339. The molecule has 0 spiro atoms. The molecule has 13 aromatic carbocycles. The first kappa shape index (κ1) is 61.6. The number of hydrogen-bond acceptors (Lipinski definition) is 2. The maximum atomic E-state index is 11.9. The predicted molar refractivity (Wildman–Crippen MR) is 534 cm³/mol. The minimum atomic E-state index is -1.27. The fourth-order valence-electron chi connectivity index (χ4n) is 17.0. The Hall–Kier alpha value is -10.7. The van der Waals surface area contributed by atoms with E-state index in [1.807, 2.05) is 104 Å². The van der Waals surface area contributed by atoms with Crippen LogP contribution < -0.4 is 26.2 Å². The second-order valence-electron chi connectivity index (χ2n) is 44.4. The van der Waals surface area contributed by atoms with Crippen molar-refractivity contribution in [2.45, 2.75) is 262 Å². The highest BCUT2D eigenvalue weighted by Crippen LogP contribution is 2.58. The van der Waals surface area contributed by atoms with E-state index in [1.54, 1.807) is 32.9 Å². The van der Waals surface area contributed by atoms with Crippen molar-refractivity contribution in [1.29, 1.82) is 0 Å². The van der Waals surface area contributed by atoms with E-state index in [2.05, 4.69) is 202 Å². The maximum Gasteiger partial charge on any atom is 0.252 e. The summed E-state index contributed by atoms with van der Waals surface area (Å²) in [5, 5.41) is -0.519. The molecule has 0 saturated heterocycles. The van der Waals surface area contributed by atoms with Gasteiger partial charge in [0.2, 0.25) is 0 Å². The molecule has 0 N–H and O–H groups in total. The van der Waals surface area contributed by atoms with E-state index >= 15 is 0 Å². The van der Waals surface area contributed by atoms with Crippen molar-refractivity contribution in [3.8, 4) is 72.4 Å². The first-order valence-corrected chi connectivity index (χ1v) is 43.2. The summed E-state index contributed by atoms with van der Waals surface area (Å²) in [5.41, 5.74) is 4.34. The summed E-state index contributed by atoms with van der Waals surface area (Å²) in [6, 6.07) is 29.7. The van der Waals surface area contributed by atoms with Crippen LogP contribution in [0.1, 0.15) is 294 Å². The number of para-hydroxylation sites is 2. The van der Waals surface area contributed by atoms with Gasteiger partial charge < -0.3 is 14.4 Å². The van der Waals surface area contributed by atoms with Crippen LogP contribution in [-0.2, 0) is 54.1 Å². The molecule has 14 aromatic rings. The van der Waals surface area contributed by atoms with E-state index in [1.165, 1.54) is 4.57 Å². The van der Waals surface area contributed by atoms with Gasteiger partial charge >= 0.3 is 0 Å². The van der Waals surface area contributed by atoms with Crippen LogP contribution in [0.5, 0.6) is 0 Å². The molecule has 16 rings (SSSR count). The highest BCUT2D eigenvalue weighted by molar-refractivity contribution is 7.00. The summed E-state index contributed by atoms with van der Waals surface area (Å²) < 4.78 is 229. The summed E-state index contributed by atoms with van der Waals surface area (Å²) >= 11 is 0.